The van der Waals surface area contributed by atoms with Crippen LogP contribution in [0, 0.1) is 11.3 Å². The Morgan fingerprint density at radius 2 is 1.97 bits per heavy atom. The molecule has 2 fully saturated rings. The van der Waals surface area contributed by atoms with E-state index in [0.717, 1.165) is 63.4 Å². The van der Waals surface area contributed by atoms with Gasteiger partial charge in [0.15, 0.2) is 11.5 Å². The topological polar surface area (TPSA) is 50.8 Å². The number of nitrogens with one attached hydrogen (secondary N) is 1. The average Bonchev–Trinajstić information content (AvgIpc) is 3.50. The van der Waals surface area contributed by atoms with Crippen LogP contribution in [0.1, 0.15) is 56.9 Å². The molecule has 1 aromatic carbocycles. The van der Waals surface area contributed by atoms with Crippen LogP contribution in [0.2, 0.25) is 0 Å². The summed E-state index contributed by atoms with van der Waals surface area (Å²) in [6.07, 6.45) is 11.9. The number of likely N-dealkylation sites (tertiary alicyclic amines) is 1. The minimum Gasteiger partial charge on any atom is -0.486 e. The molecular formula is C25H34N2O3. The lowest BCUT2D eigenvalue weighted by Crippen LogP contribution is -2.37. The summed E-state index contributed by atoms with van der Waals surface area (Å²) in [5, 5.41) is 3.22. The molecule has 0 aromatic heterocycles. The fourth-order valence-electron chi connectivity index (χ4n) is 5.47. The number of piperidine rings is 1. The van der Waals surface area contributed by atoms with Crippen molar-refractivity contribution in [1.29, 1.82) is 0 Å². The van der Waals surface area contributed by atoms with Crippen LogP contribution < -0.4 is 14.8 Å². The van der Waals surface area contributed by atoms with Crippen LogP contribution in [-0.2, 0) is 11.3 Å². The molecule has 0 unspecified atom stereocenters. The maximum Gasteiger partial charge on any atom is 0.223 e. The van der Waals surface area contributed by atoms with Crippen LogP contribution in [-0.4, -0.2) is 43.7 Å². The summed E-state index contributed by atoms with van der Waals surface area (Å²) >= 11 is 0. The predicted molar refractivity (Wildman–Crippen MR) is 117 cm³/mol. The van der Waals surface area contributed by atoms with Crippen LogP contribution in [0.25, 0.3) is 0 Å². The number of carbonyl (C=O) groups excluding carboxylic acids is 1. The number of benzene rings is 1. The summed E-state index contributed by atoms with van der Waals surface area (Å²) in [4.78, 5) is 15.2. The van der Waals surface area contributed by atoms with Gasteiger partial charge in [0.2, 0.25) is 5.91 Å². The second kappa shape index (κ2) is 8.62. The van der Waals surface area contributed by atoms with Crippen LogP contribution in [0.5, 0.6) is 11.5 Å². The first-order valence-corrected chi connectivity index (χ1v) is 11.8. The Morgan fingerprint density at radius 3 is 2.77 bits per heavy atom. The molecule has 1 aromatic rings. The Hall–Kier alpha value is -2.01. The van der Waals surface area contributed by atoms with Crippen molar-refractivity contribution in [2.45, 2.75) is 57.9 Å². The molecule has 0 bridgehead atoms. The molecule has 5 rings (SSSR count). The minimum absolute atomic E-state index is 0.245. The highest BCUT2D eigenvalue weighted by molar-refractivity contribution is 5.82. The van der Waals surface area contributed by atoms with Gasteiger partial charge in [-0.2, -0.15) is 0 Å². The van der Waals surface area contributed by atoms with E-state index in [9.17, 15) is 4.79 Å². The molecule has 1 saturated carbocycles. The smallest absolute Gasteiger partial charge is 0.223 e. The molecule has 1 spiro atoms. The zero-order valence-electron chi connectivity index (χ0n) is 18.0. The van der Waals surface area contributed by atoms with E-state index in [1.807, 2.05) is 6.07 Å². The van der Waals surface area contributed by atoms with E-state index in [1.165, 1.54) is 31.2 Å². The van der Waals surface area contributed by atoms with Crippen molar-refractivity contribution in [3.63, 3.8) is 0 Å². The number of hydrogen-bond acceptors (Lipinski definition) is 4. The number of hydrogen-bond donors (Lipinski definition) is 1. The third kappa shape index (κ3) is 4.36. The fourth-order valence-corrected chi connectivity index (χ4v) is 5.47. The molecule has 4 aliphatic rings. The molecule has 0 radical (unpaired) electrons. The predicted octanol–water partition coefficient (Wildman–Crippen LogP) is 4.07. The normalized spacial score (nSPS) is 24.9. The van der Waals surface area contributed by atoms with E-state index in [2.05, 4.69) is 28.4 Å². The molecule has 1 atom stereocenters. The van der Waals surface area contributed by atoms with Gasteiger partial charge in [-0.05, 0) is 87.6 Å². The van der Waals surface area contributed by atoms with Gasteiger partial charge in [0.05, 0.1) is 0 Å². The largest absolute Gasteiger partial charge is 0.486 e. The zero-order valence-corrected chi connectivity index (χ0v) is 18.0. The minimum atomic E-state index is 0.245. The Morgan fingerprint density at radius 1 is 1.13 bits per heavy atom. The zero-order chi connectivity index (χ0) is 20.4. The quantitative estimate of drug-likeness (QED) is 0.719. The van der Waals surface area contributed by atoms with E-state index >= 15 is 0 Å². The lowest BCUT2D eigenvalue weighted by atomic mass is 9.90. The summed E-state index contributed by atoms with van der Waals surface area (Å²) in [6, 6.07) is 6.29. The second-order valence-corrected chi connectivity index (χ2v) is 9.52. The van der Waals surface area contributed by atoms with Gasteiger partial charge >= 0.3 is 0 Å². The Balaban J connectivity index is 1.06. The van der Waals surface area contributed by atoms with Crippen molar-refractivity contribution in [2.75, 3.05) is 32.8 Å². The Bertz CT molecular complexity index is 811. The maximum absolute atomic E-state index is 12.7. The van der Waals surface area contributed by atoms with Gasteiger partial charge in [-0.15, -0.1) is 0 Å². The Kier molecular flexibility index (Phi) is 5.72. The molecule has 30 heavy (non-hydrogen) atoms. The van der Waals surface area contributed by atoms with Crippen LogP contribution >= 0.6 is 0 Å². The van der Waals surface area contributed by atoms with Crippen molar-refractivity contribution in [1.82, 2.24) is 10.2 Å². The first-order valence-electron chi connectivity index (χ1n) is 11.8. The molecular weight excluding hydrogens is 376 g/mol. The number of ether oxygens (including phenoxy) is 2. The van der Waals surface area contributed by atoms with Crippen molar-refractivity contribution >= 4 is 5.91 Å². The van der Waals surface area contributed by atoms with Gasteiger partial charge in [-0.1, -0.05) is 17.7 Å². The summed E-state index contributed by atoms with van der Waals surface area (Å²) in [5.41, 5.74) is 3.09. The van der Waals surface area contributed by atoms with E-state index in [0.29, 0.717) is 19.1 Å². The average molecular weight is 411 g/mol. The molecule has 162 valence electrons. The maximum atomic E-state index is 12.7. The number of allylic oxidation sites excluding steroid dienone is 1. The first-order chi connectivity index (χ1) is 14.7. The molecule has 2 aliphatic carbocycles. The van der Waals surface area contributed by atoms with E-state index < -0.39 is 0 Å². The molecule has 1 amide bonds. The van der Waals surface area contributed by atoms with Gasteiger partial charge < -0.3 is 14.8 Å². The third-order valence-electron chi connectivity index (χ3n) is 7.50. The lowest BCUT2D eigenvalue weighted by molar-refractivity contribution is -0.123. The van der Waals surface area contributed by atoms with Gasteiger partial charge in [-0.3, -0.25) is 9.69 Å². The molecule has 5 heteroatoms. The van der Waals surface area contributed by atoms with Gasteiger partial charge in [0, 0.05) is 19.0 Å². The van der Waals surface area contributed by atoms with Crippen molar-refractivity contribution in [2.24, 2.45) is 11.3 Å². The van der Waals surface area contributed by atoms with Crippen molar-refractivity contribution in [3.05, 3.63) is 35.4 Å². The molecule has 1 saturated heterocycles. The highest BCUT2D eigenvalue weighted by Crippen LogP contribution is 2.59. The molecule has 1 N–H and O–H groups in total. The highest BCUT2D eigenvalue weighted by atomic mass is 16.6. The number of amides is 1. The summed E-state index contributed by atoms with van der Waals surface area (Å²) < 4.78 is 11.3. The van der Waals surface area contributed by atoms with E-state index in [1.54, 1.807) is 5.57 Å². The molecule has 2 aliphatic heterocycles. The van der Waals surface area contributed by atoms with E-state index in [-0.39, 0.29) is 11.3 Å². The standard InChI is InChI=1S/C25H34N2O3/c28-24(26-11-8-19-4-2-1-3-5-19)21-17-25(21)9-12-27(13-10-25)18-20-6-7-22-23(16-20)30-15-14-29-22/h4,6-7,16,21H,1-3,5,8-15,17-18H2,(H,26,28)/t21-/m0/s1. The second-order valence-electron chi connectivity index (χ2n) is 9.52. The number of nitrogens with zero attached hydrogens (tertiary/aromatic N) is 1. The summed E-state index contributed by atoms with van der Waals surface area (Å²) in [6.45, 7) is 5.17. The van der Waals surface area contributed by atoms with Gasteiger partial charge in [0.25, 0.3) is 0 Å². The number of rotatable bonds is 6. The van der Waals surface area contributed by atoms with Crippen molar-refractivity contribution in [3.8, 4) is 11.5 Å². The van der Waals surface area contributed by atoms with Crippen LogP contribution in [0.15, 0.2) is 29.8 Å². The number of carbonyl (C=O) groups is 1. The summed E-state index contributed by atoms with van der Waals surface area (Å²) in [7, 11) is 0. The van der Waals surface area contributed by atoms with Gasteiger partial charge in [0.1, 0.15) is 13.2 Å². The molecule has 5 nitrogen and oxygen atoms in total. The van der Waals surface area contributed by atoms with Crippen LogP contribution in [0.3, 0.4) is 0 Å². The fraction of sp³-hybridized carbons (Fsp3) is 0.640. The summed E-state index contributed by atoms with van der Waals surface area (Å²) in [5.74, 6) is 2.27. The first kappa shape index (κ1) is 19.9. The monoisotopic (exact) mass is 410 g/mol. The number of fused-ring (bicyclic) bond motifs is 1. The lowest BCUT2D eigenvalue weighted by Gasteiger charge is -2.33. The highest BCUT2D eigenvalue weighted by Gasteiger charge is 2.58. The Labute approximate surface area is 179 Å². The van der Waals surface area contributed by atoms with Crippen molar-refractivity contribution < 1.29 is 14.3 Å². The van der Waals surface area contributed by atoms with Crippen LogP contribution in [0.4, 0.5) is 0 Å². The SMILES string of the molecule is O=C(NCCC1=CCCCC1)[C@@H]1CC12CCN(Cc1ccc3c(c1)OCCO3)CC2. The third-order valence-corrected chi connectivity index (χ3v) is 7.50. The van der Waals surface area contributed by atoms with Gasteiger partial charge in [-0.25, -0.2) is 0 Å². The van der Waals surface area contributed by atoms with E-state index in [4.69, 9.17) is 9.47 Å². The molecule has 2 heterocycles.